The zero-order valence-corrected chi connectivity index (χ0v) is 14.0. The summed E-state index contributed by atoms with van der Waals surface area (Å²) < 4.78 is 19.5. The topological polar surface area (TPSA) is 32.7 Å². The van der Waals surface area contributed by atoms with Crippen molar-refractivity contribution in [2.24, 2.45) is 0 Å². The molecule has 0 bridgehead atoms. The predicted molar refractivity (Wildman–Crippen MR) is 86.4 cm³/mol. The van der Waals surface area contributed by atoms with Gasteiger partial charge in [-0.25, -0.2) is 4.39 Å². The van der Waals surface area contributed by atoms with Crippen molar-refractivity contribution < 1.29 is 14.2 Å². The van der Waals surface area contributed by atoms with Crippen LogP contribution in [-0.4, -0.2) is 40.5 Å². The number of thioether (sulfide) groups is 1. The molecular weight excluding hydrogens is 311 g/mol. The highest BCUT2D eigenvalue weighted by Gasteiger charge is 2.50. The van der Waals surface area contributed by atoms with Gasteiger partial charge in [0, 0.05) is 4.90 Å². The molecule has 1 aliphatic heterocycles. The smallest absolute Gasteiger partial charge is 0.379 e. The Morgan fingerprint density at radius 2 is 2.05 bits per heavy atom. The zero-order valence-electron chi connectivity index (χ0n) is 12.4. The van der Waals surface area contributed by atoms with E-state index in [0.29, 0.717) is 5.21 Å². The molecular formula is C14H20BClFNO2S. The third-order valence-electron chi connectivity index (χ3n) is 3.73. The van der Waals surface area contributed by atoms with Gasteiger partial charge in [0.2, 0.25) is 0 Å². The lowest BCUT2D eigenvalue weighted by Crippen LogP contribution is -2.52. The molecule has 0 radical (unpaired) electrons. The SMILES string of the molecule is CB(O)N1[C@H](CF)[C@@H](c2ccc(SCCl)cc2)OC1(C)C. The minimum Gasteiger partial charge on any atom is -0.437 e. The van der Waals surface area contributed by atoms with Crippen molar-refractivity contribution in [1.29, 1.82) is 0 Å². The minimum atomic E-state index is -0.767. The first-order valence-corrected chi connectivity index (χ1v) is 8.41. The van der Waals surface area contributed by atoms with E-state index in [1.165, 1.54) is 11.8 Å². The van der Waals surface area contributed by atoms with E-state index in [-0.39, 0.29) is 0 Å². The largest absolute Gasteiger partial charge is 0.437 e. The predicted octanol–water partition coefficient (Wildman–Crippen LogP) is 3.53. The number of rotatable bonds is 5. The van der Waals surface area contributed by atoms with Crippen LogP contribution in [0, 0.1) is 0 Å². The highest BCUT2D eigenvalue weighted by atomic mass is 35.5. The second kappa shape index (κ2) is 6.88. The summed E-state index contributed by atoms with van der Waals surface area (Å²) in [5.41, 5.74) is 0.201. The Bertz CT molecular complexity index is 475. The molecule has 1 heterocycles. The van der Waals surface area contributed by atoms with Gasteiger partial charge in [-0.2, -0.15) is 0 Å². The fraction of sp³-hybridized carbons (Fsp3) is 0.571. The first-order chi connectivity index (χ1) is 9.90. The molecule has 1 aromatic carbocycles. The maximum Gasteiger partial charge on any atom is 0.379 e. The van der Waals surface area contributed by atoms with Crippen LogP contribution >= 0.6 is 23.4 Å². The van der Waals surface area contributed by atoms with Gasteiger partial charge in [0.25, 0.3) is 0 Å². The second-order valence-corrected chi connectivity index (χ2v) is 7.20. The maximum atomic E-state index is 13.5. The molecule has 21 heavy (non-hydrogen) atoms. The van der Waals surface area contributed by atoms with E-state index >= 15 is 0 Å². The molecule has 116 valence electrons. The van der Waals surface area contributed by atoms with Gasteiger partial charge in [0.05, 0.1) is 11.3 Å². The molecule has 0 unspecified atom stereocenters. The Hall–Kier alpha value is -0.265. The number of alkyl halides is 2. The van der Waals surface area contributed by atoms with Crippen LogP contribution in [0.3, 0.4) is 0 Å². The number of benzene rings is 1. The summed E-state index contributed by atoms with van der Waals surface area (Å²) in [6, 6.07) is 7.29. The first kappa shape index (κ1) is 17.1. The normalized spacial score (nSPS) is 25.2. The van der Waals surface area contributed by atoms with Gasteiger partial charge in [-0.05, 0) is 38.4 Å². The number of hydrogen-bond acceptors (Lipinski definition) is 4. The second-order valence-electron chi connectivity index (χ2n) is 5.57. The summed E-state index contributed by atoms with van der Waals surface area (Å²) in [4.78, 5) is 2.74. The molecule has 0 spiro atoms. The lowest BCUT2D eigenvalue weighted by Gasteiger charge is -2.33. The van der Waals surface area contributed by atoms with Crippen LogP contribution in [0.2, 0.25) is 6.82 Å². The molecule has 0 saturated carbocycles. The first-order valence-electron chi connectivity index (χ1n) is 6.89. The summed E-state index contributed by atoms with van der Waals surface area (Å²) in [5, 5.41) is 10.4. The van der Waals surface area contributed by atoms with Crippen molar-refractivity contribution in [2.75, 3.05) is 11.9 Å². The zero-order chi connectivity index (χ0) is 15.6. The Kier molecular flexibility index (Phi) is 5.60. The Morgan fingerprint density at radius 3 is 2.52 bits per heavy atom. The number of nitrogens with zero attached hydrogens (tertiary/aromatic N) is 1. The highest BCUT2D eigenvalue weighted by Crippen LogP contribution is 2.41. The van der Waals surface area contributed by atoms with Crippen molar-refractivity contribution in [3.63, 3.8) is 0 Å². The van der Waals surface area contributed by atoms with E-state index in [4.69, 9.17) is 16.3 Å². The quantitative estimate of drug-likeness (QED) is 0.508. The fourth-order valence-corrected chi connectivity index (χ4v) is 3.82. The Morgan fingerprint density at radius 1 is 1.43 bits per heavy atom. The van der Waals surface area contributed by atoms with Crippen LogP contribution in [0.1, 0.15) is 25.5 Å². The van der Waals surface area contributed by atoms with Crippen LogP contribution in [0.25, 0.3) is 0 Å². The third kappa shape index (κ3) is 3.56. The Balaban J connectivity index is 2.26. The van der Waals surface area contributed by atoms with Gasteiger partial charge in [0.1, 0.15) is 18.5 Å². The van der Waals surface area contributed by atoms with Crippen molar-refractivity contribution in [2.45, 2.75) is 43.4 Å². The average molecular weight is 332 g/mol. The number of halogens is 2. The van der Waals surface area contributed by atoms with E-state index in [2.05, 4.69) is 0 Å². The third-order valence-corrected chi connectivity index (χ3v) is 4.78. The van der Waals surface area contributed by atoms with Gasteiger partial charge in [-0.1, -0.05) is 12.1 Å². The molecule has 1 aromatic rings. The van der Waals surface area contributed by atoms with Crippen LogP contribution in [0.5, 0.6) is 0 Å². The van der Waals surface area contributed by atoms with E-state index in [9.17, 15) is 9.41 Å². The van der Waals surface area contributed by atoms with Crippen LogP contribution in [-0.2, 0) is 4.74 Å². The van der Waals surface area contributed by atoms with Crippen molar-refractivity contribution in [3.05, 3.63) is 29.8 Å². The van der Waals surface area contributed by atoms with Crippen LogP contribution in [0.15, 0.2) is 29.2 Å². The van der Waals surface area contributed by atoms with Crippen molar-refractivity contribution in [1.82, 2.24) is 4.81 Å². The maximum absolute atomic E-state index is 13.5. The van der Waals surface area contributed by atoms with E-state index in [1.807, 2.05) is 38.1 Å². The average Bonchev–Trinajstić information content (AvgIpc) is 2.71. The van der Waals surface area contributed by atoms with Crippen LogP contribution in [0.4, 0.5) is 4.39 Å². The van der Waals surface area contributed by atoms with Gasteiger partial charge >= 0.3 is 7.05 Å². The monoisotopic (exact) mass is 331 g/mol. The molecule has 1 fully saturated rings. The summed E-state index contributed by atoms with van der Waals surface area (Å²) in [5.74, 6) is 0. The highest BCUT2D eigenvalue weighted by molar-refractivity contribution is 8.00. The molecule has 0 aliphatic carbocycles. The van der Waals surface area contributed by atoms with Gasteiger partial charge in [-0.15, -0.1) is 23.4 Å². The fourth-order valence-electron chi connectivity index (χ4n) is 2.98. The lowest BCUT2D eigenvalue weighted by molar-refractivity contribution is -0.0557. The van der Waals surface area contributed by atoms with Crippen LogP contribution < -0.4 is 0 Å². The summed E-state index contributed by atoms with van der Waals surface area (Å²) in [7, 11) is -0.767. The summed E-state index contributed by atoms with van der Waals surface area (Å²) >= 11 is 7.23. The van der Waals surface area contributed by atoms with Crippen molar-refractivity contribution >= 4 is 30.4 Å². The number of ether oxygens (including phenoxy) is 1. The molecule has 1 saturated heterocycles. The molecule has 3 nitrogen and oxygen atoms in total. The molecule has 7 heteroatoms. The molecule has 1 N–H and O–H groups in total. The van der Waals surface area contributed by atoms with Gasteiger partial charge in [-0.3, -0.25) is 4.81 Å². The van der Waals surface area contributed by atoms with Gasteiger partial charge < -0.3 is 9.76 Å². The van der Waals surface area contributed by atoms with E-state index in [1.54, 1.807) is 11.6 Å². The molecule has 0 amide bonds. The molecule has 2 atom stereocenters. The summed E-state index contributed by atoms with van der Waals surface area (Å²) in [6.45, 7) is 4.76. The minimum absolute atomic E-state index is 0.394. The Labute approximate surface area is 134 Å². The van der Waals surface area contributed by atoms with E-state index < -0.39 is 31.6 Å². The van der Waals surface area contributed by atoms with Crippen molar-refractivity contribution in [3.8, 4) is 0 Å². The standard InChI is InChI=1S/C14H20BClFNO2S/c1-14(2)18(15(3)19)12(8-17)13(20-14)10-4-6-11(7-5-10)21-9-16/h4-7,12-13,19H,8-9H2,1-3H3/t12-,13-/m1/s1. The number of hydrogen-bond donors (Lipinski definition) is 1. The van der Waals surface area contributed by atoms with E-state index in [0.717, 1.165) is 10.5 Å². The van der Waals surface area contributed by atoms with Gasteiger partial charge in [0.15, 0.2) is 0 Å². The molecule has 0 aromatic heterocycles. The lowest BCUT2D eigenvalue weighted by atomic mass is 9.80. The molecule has 1 aliphatic rings. The molecule has 2 rings (SSSR count). The summed E-state index contributed by atoms with van der Waals surface area (Å²) in [6.07, 6.45) is -0.394.